The molecular formula is C37H21N5. The van der Waals surface area contributed by atoms with Gasteiger partial charge in [0, 0.05) is 22.3 Å². The van der Waals surface area contributed by atoms with E-state index < -0.39 is 0 Å². The van der Waals surface area contributed by atoms with Gasteiger partial charge in [-0.05, 0) is 63.0 Å². The number of nitrogens with zero attached hydrogens (tertiary/aromatic N) is 5. The number of benzene rings is 6. The minimum atomic E-state index is 0.433. The maximum absolute atomic E-state index is 9.56. The zero-order valence-electron chi connectivity index (χ0n) is 22.4. The molecule has 7 aromatic rings. The number of hydrogen-bond acceptors (Lipinski definition) is 4. The van der Waals surface area contributed by atoms with E-state index in [1.807, 2.05) is 84.9 Å². The van der Waals surface area contributed by atoms with Crippen molar-refractivity contribution in [1.82, 2.24) is 15.0 Å². The first-order valence-corrected chi connectivity index (χ1v) is 13.5. The maximum atomic E-state index is 9.56. The summed E-state index contributed by atoms with van der Waals surface area (Å²) < 4.78 is 0. The summed E-state index contributed by atoms with van der Waals surface area (Å²) in [5, 5.41) is 13.8. The van der Waals surface area contributed by atoms with Gasteiger partial charge in [-0.15, -0.1) is 0 Å². The molecule has 0 radical (unpaired) electrons. The average molecular weight is 536 g/mol. The monoisotopic (exact) mass is 535 g/mol. The Bertz CT molecular complexity index is 2190. The van der Waals surface area contributed by atoms with Gasteiger partial charge in [0.05, 0.1) is 12.6 Å². The summed E-state index contributed by atoms with van der Waals surface area (Å²) >= 11 is 0. The molecule has 0 N–H and O–H groups in total. The van der Waals surface area contributed by atoms with Crippen LogP contribution in [0.25, 0.3) is 71.7 Å². The highest BCUT2D eigenvalue weighted by atomic mass is 15.0. The lowest BCUT2D eigenvalue weighted by atomic mass is 9.93. The van der Waals surface area contributed by atoms with Crippen molar-refractivity contribution in [3.63, 3.8) is 0 Å². The molecule has 5 nitrogen and oxygen atoms in total. The predicted molar refractivity (Wildman–Crippen MR) is 168 cm³/mol. The number of fused-ring (bicyclic) bond motifs is 2. The molecule has 0 aliphatic rings. The first kappa shape index (κ1) is 24.8. The molecule has 1 aromatic heterocycles. The van der Waals surface area contributed by atoms with Gasteiger partial charge in [-0.1, -0.05) is 97.1 Å². The zero-order chi connectivity index (χ0) is 28.5. The lowest BCUT2D eigenvalue weighted by molar-refractivity contribution is 1.08. The molecule has 0 spiro atoms. The summed E-state index contributed by atoms with van der Waals surface area (Å²) in [7, 11) is 0. The summed E-state index contributed by atoms with van der Waals surface area (Å²) in [6.45, 7) is 7.50. The fraction of sp³-hybridized carbons (Fsp3) is 0. The molecule has 7 rings (SSSR count). The molecule has 6 aromatic carbocycles. The van der Waals surface area contributed by atoms with Crippen LogP contribution in [0.3, 0.4) is 0 Å². The van der Waals surface area contributed by atoms with Crippen molar-refractivity contribution in [1.29, 1.82) is 5.26 Å². The van der Waals surface area contributed by atoms with Gasteiger partial charge >= 0.3 is 0 Å². The van der Waals surface area contributed by atoms with Gasteiger partial charge in [-0.2, -0.15) is 5.26 Å². The molecule has 0 fully saturated rings. The second-order valence-electron chi connectivity index (χ2n) is 9.93. The Hall–Kier alpha value is -6.17. The van der Waals surface area contributed by atoms with Crippen molar-refractivity contribution in [3.05, 3.63) is 144 Å². The van der Waals surface area contributed by atoms with Crippen LogP contribution in [-0.4, -0.2) is 15.0 Å². The number of hydrogen-bond donors (Lipinski definition) is 0. The van der Waals surface area contributed by atoms with Crippen LogP contribution < -0.4 is 0 Å². The Kier molecular flexibility index (Phi) is 6.17. The van der Waals surface area contributed by atoms with Crippen LogP contribution in [0.1, 0.15) is 5.56 Å². The average Bonchev–Trinajstić information content (AvgIpc) is 3.07. The largest absolute Gasteiger partial charge is 0.238 e. The highest BCUT2D eigenvalue weighted by Crippen LogP contribution is 2.37. The van der Waals surface area contributed by atoms with E-state index in [0.717, 1.165) is 49.4 Å². The van der Waals surface area contributed by atoms with E-state index in [0.29, 0.717) is 28.7 Å². The molecule has 0 aliphatic heterocycles. The molecule has 0 saturated carbocycles. The van der Waals surface area contributed by atoms with Crippen molar-refractivity contribution >= 4 is 27.2 Å². The molecule has 1 heterocycles. The Morgan fingerprint density at radius 2 is 1.17 bits per heavy atom. The number of aromatic nitrogens is 3. The van der Waals surface area contributed by atoms with Crippen molar-refractivity contribution in [2.45, 2.75) is 0 Å². The summed E-state index contributed by atoms with van der Waals surface area (Å²) in [5.74, 6) is 1.77. The third-order valence-electron chi connectivity index (χ3n) is 7.33. The van der Waals surface area contributed by atoms with Gasteiger partial charge in [0.2, 0.25) is 0 Å². The zero-order valence-corrected chi connectivity index (χ0v) is 22.4. The van der Waals surface area contributed by atoms with Crippen LogP contribution in [0, 0.1) is 17.9 Å². The fourth-order valence-electron chi connectivity index (χ4n) is 5.31. The van der Waals surface area contributed by atoms with Crippen LogP contribution in [-0.2, 0) is 0 Å². The minimum Gasteiger partial charge on any atom is -0.238 e. The SMILES string of the molecule is [C-]#[N+]c1cc(C#N)cc(-c2ccc(-c3nc(-c4ccccc4)nc(-c4ccc5ccccc5c4)n3)c3ccccc23)c1. The van der Waals surface area contributed by atoms with Crippen molar-refractivity contribution in [2.75, 3.05) is 0 Å². The van der Waals surface area contributed by atoms with E-state index in [4.69, 9.17) is 21.5 Å². The van der Waals surface area contributed by atoms with Crippen LogP contribution >= 0.6 is 0 Å². The van der Waals surface area contributed by atoms with Gasteiger partial charge in [0.25, 0.3) is 0 Å². The van der Waals surface area contributed by atoms with E-state index in [9.17, 15) is 5.26 Å². The van der Waals surface area contributed by atoms with Gasteiger partial charge < -0.3 is 0 Å². The Morgan fingerprint density at radius 3 is 1.93 bits per heavy atom. The quantitative estimate of drug-likeness (QED) is 0.211. The highest BCUT2D eigenvalue weighted by Gasteiger charge is 2.16. The van der Waals surface area contributed by atoms with Crippen LogP contribution in [0.15, 0.2) is 127 Å². The summed E-state index contributed by atoms with van der Waals surface area (Å²) in [6, 6.07) is 44.0. The normalized spacial score (nSPS) is 10.8. The van der Waals surface area contributed by atoms with E-state index in [1.165, 1.54) is 0 Å². The Labute approximate surface area is 242 Å². The third-order valence-corrected chi connectivity index (χ3v) is 7.33. The minimum absolute atomic E-state index is 0.433. The maximum Gasteiger partial charge on any atom is 0.189 e. The summed E-state index contributed by atoms with van der Waals surface area (Å²) in [6.07, 6.45) is 0. The number of nitriles is 1. The molecule has 42 heavy (non-hydrogen) atoms. The van der Waals surface area contributed by atoms with Crippen LogP contribution in [0.5, 0.6) is 0 Å². The smallest absolute Gasteiger partial charge is 0.189 e. The molecule has 0 amide bonds. The van der Waals surface area contributed by atoms with Crippen molar-refractivity contribution < 1.29 is 0 Å². The van der Waals surface area contributed by atoms with Gasteiger partial charge in [-0.25, -0.2) is 19.8 Å². The van der Waals surface area contributed by atoms with E-state index in [1.54, 1.807) is 6.07 Å². The molecule has 0 saturated heterocycles. The molecule has 0 aliphatic carbocycles. The highest BCUT2D eigenvalue weighted by molar-refractivity contribution is 6.04. The second-order valence-corrected chi connectivity index (χ2v) is 9.93. The van der Waals surface area contributed by atoms with E-state index in [2.05, 4.69) is 47.3 Å². The lowest BCUT2D eigenvalue weighted by Gasteiger charge is -2.13. The molecule has 0 unspecified atom stereocenters. The lowest BCUT2D eigenvalue weighted by Crippen LogP contribution is -2.00. The van der Waals surface area contributed by atoms with E-state index in [-0.39, 0.29) is 0 Å². The van der Waals surface area contributed by atoms with Crippen LogP contribution in [0.2, 0.25) is 0 Å². The molecule has 0 atom stereocenters. The summed E-state index contributed by atoms with van der Waals surface area (Å²) in [5.41, 5.74) is 5.33. The third kappa shape index (κ3) is 4.52. The van der Waals surface area contributed by atoms with Gasteiger partial charge in [-0.3, -0.25) is 0 Å². The fourth-order valence-corrected chi connectivity index (χ4v) is 5.31. The molecule has 5 heteroatoms. The van der Waals surface area contributed by atoms with E-state index >= 15 is 0 Å². The first-order chi connectivity index (χ1) is 20.7. The summed E-state index contributed by atoms with van der Waals surface area (Å²) in [4.78, 5) is 18.5. The van der Waals surface area contributed by atoms with Crippen molar-refractivity contribution in [2.24, 2.45) is 0 Å². The molecule has 0 bridgehead atoms. The number of rotatable bonds is 4. The van der Waals surface area contributed by atoms with Gasteiger partial charge in [0.15, 0.2) is 23.2 Å². The predicted octanol–water partition coefficient (Wildman–Crippen LogP) is 9.27. The topological polar surface area (TPSA) is 66.8 Å². The molecule has 194 valence electrons. The second kappa shape index (κ2) is 10.4. The Balaban J connectivity index is 1.45. The van der Waals surface area contributed by atoms with Crippen molar-refractivity contribution in [3.8, 4) is 51.4 Å². The first-order valence-electron chi connectivity index (χ1n) is 13.5. The standard InChI is InChI=1S/C37H21N5/c1-39-30-20-24(23-38)19-29(22-30)31-17-18-34(33-14-8-7-13-32(31)33)37-41-35(26-10-3-2-4-11-26)40-36(42-37)28-16-15-25-9-5-6-12-27(25)21-28/h2-22H. The Morgan fingerprint density at radius 1 is 0.524 bits per heavy atom. The van der Waals surface area contributed by atoms with Gasteiger partial charge in [0.1, 0.15) is 0 Å². The molecular weight excluding hydrogens is 514 g/mol. The van der Waals surface area contributed by atoms with Crippen LogP contribution in [0.4, 0.5) is 5.69 Å².